The van der Waals surface area contributed by atoms with Gasteiger partial charge in [-0.2, -0.15) is 0 Å². The predicted octanol–water partition coefficient (Wildman–Crippen LogP) is 4.20. The molecule has 0 spiro atoms. The average molecular weight is 317 g/mol. The van der Waals surface area contributed by atoms with E-state index in [-0.39, 0.29) is 5.97 Å². The van der Waals surface area contributed by atoms with E-state index < -0.39 is 8.56 Å². The zero-order valence-corrected chi connectivity index (χ0v) is 15.2. The molecule has 0 aliphatic carbocycles. The predicted molar refractivity (Wildman–Crippen MR) is 88.5 cm³/mol. The van der Waals surface area contributed by atoms with Crippen LogP contribution in [0.25, 0.3) is 0 Å². The van der Waals surface area contributed by atoms with Crippen molar-refractivity contribution in [2.75, 3.05) is 19.8 Å². The van der Waals surface area contributed by atoms with Crippen LogP contribution >= 0.6 is 0 Å². The fourth-order valence-corrected chi connectivity index (χ4v) is 4.37. The van der Waals surface area contributed by atoms with Crippen LogP contribution in [0.5, 0.6) is 0 Å². The van der Waals surface area contributed by atoms with Crippen LogP contribution in [0.15, 0.2) is 12.2 Å². The number of hydrogen-bond acceptors (Lipinski definition) is 4. The van der Waals surface area contributed by atoms with Crippen LogP contribution in [0.2, 0.25) is 12.1 Å². The summed E-state index contributed by atoms with van der Waals surface area (Å²) < 4.78 is 17.4. The quantitative estimate of drug-likeness (QED) is 0.221. The third-order valence-corrected chi connectivity index (χ3v) is 6.83. The highest BCUT2D eigenvalue weighted by atomic mass is 28.4. The number of carbonyl (C=O) groups excluding carboxylic acids is 1. The largest absolute Gasteiger partial charge is 0.462 e. The first-order valence-corrected chi connectivity index (χ1v) is 10.3. The summed E-state index contributed by atoms with van der Waals surface area (Å²) in [6.07, 6.45) is 4.29. The Labute approximate surface area is 131 Å². The van der Waals surface area contributed by atoms with Crippen molar-refractivity contribution in [3.05, 3.63) is 12.2 Å². The van der Waals surface area contributed by atoms with Crippen LogP contribution in [0, 0.1) is 0 Å². The Balaban J connectivity index is 4.44. The maximum absolute atomic E-state index is 11.4. The number of carbonyl (C=O) groups is 1. The number of hydrogen-bond donors (Lipinski definition) is 0. The highest BCUT2D eigenvalue weighted by Gasteiger charge is 2.35. The third kappa shape index (κ3) is 9.06. The van der Waals surface area contributed by atoms with Crippen LogP contribution in [-0.2, 0) is 18.4 Å². The van der Waals surface area contributed by atoms with Crippen LogP contribution < -0.4 is 0 Å². The Bertz CT molecular complexity index is 295. The molecule has 0 aliphatic rings. The summed E-state index contributed by atoms with van der Waals surface area (Å²) in [4.78, 5) is 11.4. The van der Waals surface area contributed by atoms with E-state index in [1.807, 2.05) is 0 Å². The molecule has 124 valence electrons. The van der Waals surface area contributed by atoms with Gasteiger partial charge in [0.1, 0.15) is 0 Å². The van der Waals surface area contributed by atoms with Crippen LogP contribution in [0.1, 0.15) is 53.4 Å². The number of ether oxygens (including phenoxy) is 1. The van der Waals surface area contributed by atoms with E-state index in [4.69, 9.17) is 13.6 Å². The van der Waals surface area contributed by atoms with Crippen molar-refractivity contribution in [3.8, 4) is 0 Å². The normalized spacial score (nSPS) is 11.4. The molecule has 0 unspecified atom stereocenters. The molecule has 0 aromatic heterocycles. The number of unbranched alkanes of at least 4 members (excludes halogenated alkanes) is 2. The molecule has 0 heterocycles. The molecule has 0 saturated carbocycles. The summed E-state index contributed by atoms with van der Waals surface area (Å²) in [5, 5.41) is 0. The van der Waals surface area contributed by atoms with E-state index in [9.17, 15) is 4.79 Å². The molecule has 0 amide bonds. The fraction of sp³-hybridized carbons (Fsp3) is 0.812. The van der Waals surface area contributed by atoms with Crippen molar-refractivity contribution in [1.82, 2.24) is 0 Å². The first-order valence-electron chi connectivity index (χ1n) is 8.11. The summed E-state index contributed by atoms with van der Waals surface area (Å²) in [7, 11) is -2.25. The monoisotopic (exact) mass is 316 g/mol. The van der Waals surface area contributed by atoms with E-state index in [1.54, 1.807) is 6.92 Å². The first-order chi connectivity index (χ1) is 10.0. The van der Waals surface area contributed by atoms with Gasteiger partial charge in [-0.15, -0.1) is 0 Å². The van der Waals surface area contributed by atoms with E-state index >= 15 is 0 Å². The highest BCUT2D eigenvalue weighted by molar-refractivity contribution is 6.67. The van der Waals surface area contributed by atoms with E-state index in [2.05, 4.69) is 27.4 Å². The van der Waals surface area contributed by atoms with Gasteiger partial charge in [0.05, 0.1) is 6.61 Å². The molecule has 0 saturated heterocycles. The van der Waals surface area contributed by atoms with Crippen molar-refractivity contribution in [1.29, 1.82) is 0 Å². The molecule has 0 N–H and O–H groups in total. The molecule has 0 aromatic carbocycles. The average Bonchev–Trinajstić information content (AvgIpc) is 2.47. The molecule has 0 bridgehead atoms. The second kappa shape index (κ2) is 11.9. The summed E-state index contributed by atoms with van der Waals surface area (Å²) in [6, 6.07) is 1.57. The molecular weight excluding hydrogens is 284 g/mol. The molecule has 0 atom stereocenters. The van der Waals surface area contributed by atoms with Crippen LogP contribution in [0.3, 0.4) is 0 Å². The lowest BCUT2D eigenvalue weighted by atomic mass is 10.4. The van der Waals surface area contributed by atoms with Crippen molar-refractivity contribution in [2.45, 2.75) is 65.5 Å². The smallest absolute Gasteiger partial charge is 0.341 e. The van der Waals surface area contributed by atoms with E-state index in [0.717, 1.165) is 44.9 Å². The lowest BCUT2D eigenvalue weighted by molar-refractivity contribution is -0.138. The van der Waals surface area contributed by atoms with Crippen molar-refractivity contribution in [3.63, 3.8) is 0 Å². The summed E-state index contributed by atoms with van der Waals surface area (Å²) >= 11 is 0. The Kier molecular flexibility index (Phi) is 11.6. The second-order valence-corrected chi connectivity index (χ2v) is 8.94. The lowest BCUT2D eigenvalue weighted by Crippen LogP contribution is -2.43. The Hall–Kier alpha value is -0.653. The number of rotatable bonds is 13. The third-order valence-electron chi connectivity index (χ3n) is 3.33. The summed E-state index contributed by atoms with van der Waals surface area (Å²) in [6.45, 7) is 13.4. The second-order valence-electron chi connectivity index (χ2n) is 5.33. The zero-order valence-electron chi connectivity index (χ0n) is 14.2. The zero-order chi connectivity index (χ0) is 16.1. The summed E-state index contributed by atoms with van der Waals surface area (Å²) in [5.41, 5.74) is 0.428. The molecule has 0 fully saturated rings. The Morgan fingerprint density at radius 1 is 1.00 bits per heavy atom. The number of esters is 1. The fourth-order valence-electron chi connectivity index (χ4n) is 1.79. The topological polar surface area (TPSA) is 44.8 Å². The summed E-state index contributed by atoms with van der Waals surface area (Å²) in [5.74, 6) is -0.337. The molecule has 0 radical (unpaired) electrons. The Morgan fingerprint density at radius 2 is 1.52 bits per heavy atom. The lowest BCUT2D eigenvalue weighted by Gasteiger charge is -2.29. The van der Waals surface area contributed by atoms with Gasteiger partial charge in [0.15, 0.2) is 0 Å². The minimum Gasteiger partial charge on any atom is -0.462 e. The minimum atomic E-state index is -2.25. The van der Waals surface area contributed by atoms with Gasteiger partial charge in [-0.1, -0.05) is 40.2 Å². The van der Waals surface area contributed by atoms with Gasteiger partial charge >= 0.3 is 14.5 Å². The van der Waals surface area contributed by atoms with Crippen molar-refractivity contribution in [2.24, 2.45) is 0 Å². The minimum absolute atomic E-state index is 0.337. The van der Waals surface area contributed by atoms with Gasteiger partial charge in [-0.05, 0) is 25.8 Å². The maximum atomic E-state index is 11.4. The molecule has 0 aliphatic heterocycles. The first kappa shape index (κ1) is 20.3. The molecular formula is C16H32O4Si. The maximum Gasteiger partial charge on any atom is 0.341 e. The van der Waals surface area contributed by atoms with Gasteiger partial charge < -0.3 is 13.6 Å². The molecule has 4 nitrogen and oxygen atoms in total. The van der Waals surface area contributed by atoms with Crippen molar-refractivity contribution >= 4 is 14.5 Å². The Morgan fingerprint density at radius 3 is 1.90 bits per heavy atom. The van der Waals surface area contributed by atoms with E-state index in [1.165, 1.54) is 0 Å². The van der Waals surface area contributed by atoms with Gasteiger partial charge in [-0.25, -0.2) is 4.79 Å². The highest BCUT2D eigenvalue weighted by Crippen LogP contribution is 2.20. The molecule has 0 aromatic rings. The standard InChI is InChI=1S/C16H32O4Si/c1-6-9-11-19-21(8-3,20-12-10-7-2)14-13-18-16(17)15(4)5/h4,6-14H2,1-3,5H3. The van der Waals surface area contributed by atoms with E-state index in [0.29, 0.717) is 18.2 Å². The molecule has 21 heavy (non-hydrogen) atoms. The molecule has 0 rings (SSSR count). The van der Waals surface area contributed by atoms with Gasteiger partial charge in [0, 0.05) is 24.8 Å². The molecule has 5 heteroatoms. The van der Waals surface area contributed by atoms with Crippen molar-refractivity contribution < 1.29 is 18.4 Å². The van der Waals surface area contributed by atoms with Gasteiger partial charge in [-0.3, -0.25) is 0 Å². The van der Waals surface area contributed by atoms with Gasteiger partial charge in [0.2, 0.25) is 0 Å². The van der Waals surface area contributed by atoms with Crippen LogP contribution in [0.4, 0.5) is 0 Å². The van der Waals surface area contributed by atoms with Crippen LogP contribution in [-0.4, -0.2) is 34.4 Å². The van der Waals surface area contributed by atoms with Gasteiger partial charge in [0.25, 0.3) is 0 Å². The SMILES string of the molecule is C=C(C)C(=O)OCC[Si](CC)(OCCCC)OCCCC.